The lowest BCUT2D eigenvalue weighted by Gasteiger charge is -2.35. The molecule has 2 saturated heterocycles. The van der Waals surface area contributed by atoms with Crippen molar-refractivity contribution < 1.29 is 9.84 Å². The average molecular weight is 389 g/mol. The van der Waals surface area contributed by atoms with Gasteiger partial charge in [0.15, 0.2) is 0 Å². The Morgan fingerprint density at radius 2 is 1.81 bits per heavy atom. The molecule has 3 heterocycles. The number of ether oxygens (including phenoxy) is 1. The Morgan fingerprint density at radius 1 is 1.07 bits per heavy atom. The number of benzene rings is 1. The van der Waals surface area contributed by atoms with Crippen LogP contribution in [0.25, 0.3) is 0 Å². The van der Waals surface area contributed by atoms with Crippen LogP contribution in [0.4, 0.5) is 11.6 Å². The lowest BCUT2D eigenvalue weighted by atomic mass is 9.99. The highest BCUT2D eigenvalue weighted by molar-refractivity contribution is 6.30. The van der Waals surface area contributed by atoms with E-state index in [1.165, 1.54) is 0 Å². The van der Waals surface area contributed by atoms with Crippen LogP contribution in [-0.2, 0) is 4.74 Å². The first kappa shape index (κ1) is 18.5. The van der Waals surface area contributed by atoms with Crippen LogP contribution < -0.4 is 9.80 Å². The minimum absolute atomic E-state index is 0.00295. The van der Waals surface area contributed by atoms with Crippen LogP contribution in [-0.4, -0.2) is 54.5 Å². The van der Waals surface area contributed by atoms with E-state index in [-0.39, 0.29) is 12.7 Å². The van der Waals surface area contributed by atoms with E-state index >= 15 is 0 Å². The zero-order valence-electron chi connectivity index (χ0n) is 15.3. The van der Waals surface area contributed by atoms with Crippen molar-refractivity contribution in [3.63, 3.8) is 0 Å². The summed E-state index contributed by atoms with van der Waals surface area (Å²) in [7, 11) is 0. The minimum atomic E-state index is 0.00295. The fourth-order valence-electron chi connectivity index (χ4n) is 3.84. The van der Waals surface area contributed by atoms with Crippen molar-refractivity contribution >= 4 is 23.2 Å². The summed E-state index contributed by atoms with van der Waals surface area (Å²) in [5.41, 5.74) is 1.13. The number of piperidine rings is 1. The quantitative estimate of drug-likeness (QED) is 0.868. The molecule has 1 N–H and O–H groups in total. The van der Waals surface area contributed by atoms with E-state index in [4.69, 9.17) is 16.3 Å². The Hall–Kier alpha value is -1.89. The number of anilines is 2. The van der Waals surface area contributed by atoms with Gasteiger partial charge in [0.05, 0.1) is 6.61 Å². The van der Waals surface area contributed by atoms with Gasteiger partial charge in [-0.05, 0) is 36.5 Å². The molecule has 4 rings (SSSR count). The van der Waals surface area contributed by atoms with Gasteiger partial charge in [0.1, 0.15) is 24.1 Å². The molecule has 2 aromatic rings. The standard InChI is InChI=1S/C20H25ClN4O2/c21-17-5-3-16(4-6-17)18-12-25(8-9-27-18)20-10-19(22-14-23-20)24-7-1-2-15(11-24)13-26/h3-6,10,14-15,18,26H,1-2,7-9,11-13H2. The third kappa shape index (κ3) is 4.34. The van der Waals surface area contributed by atoms with E-state index in [1.54, 1.807) is 6.33 Å². The summed E-state index contributed by atoms with van der Waals surface area (Å²) >= 11 is 6.00. The van der Waals surface area contributed by atoms with E-state index in [2.05, 4.69) is 25.8 Å². The van der Waals surface area contributed by atoms with Gasteiger partial charge in [0.25, 0.3) is 0 Å². The number of hydrogen-bond donors (Lipinski definition) is 1. The van der Waals surface area contributed by atoms with Crippen molar-refractivity contribution in [2.75, 3.05) is 49.2 Å². The number of aliphatic hydroxyl groups excluding tert-OH is 1. The van der Waals surface area contributed by atoms with E-state index in [0.717, 1.165) is 61.2 Å². The summed E-state index contributed by atoms with van der Waals surface area (Å²) < 4.78 is 5.96. The molecule has 0 saturated carbocycles. The Bertz CT molecular complexity index is 758. The van der Waals surface area contributed by atoms with Crippen molar-refractivity contribution in [1.82, 2.24) is 9.97 Å². The molecule has 1 aromatic heterocycles. The number of aliphatic hydroxyl groups is 1. The third-order valence-electron chi connectivity index (χ3n) is 5.37. The van der Waals surface area contributed by atoms with Gasteiger partial charge in [0.2, 0.25) is 0 Å². The topological polar surface area (TPSA) is 61.7 Å². The molecule has 2 unspecified atom stereocenters. The monoisotopic (exact) mass is 388 g/mol. The highest BCUT2D eigenvalue weighted by atomic mass is 35.5. The molecule has 2 fully saturated rings. The van der Waals surface area contributed by atoms with Gasteiger partial charge in [-0.25, -0.2) is 9.97 Å². The van der Waals surface area contributed by atoms with Crippen molar-refractivity contribution in [3.8, 4) is 0 Å². The summed E-state index contributed by atoms with van der Waals surface area (Å²) in [6.07, 6.45) is 3.81. The second kappa shape index (κ2) is 8.42. The third-order valence-corrected chi connectivity index (χ3v) is 5.62. The van der Waals surface area contributed by atoms with Crippen molar-refractivity contribution in [1.29, 1.82) is 0 Å². The highest BCUT2D eigenvalue weighted by Gasteiger charge is 2.25. The normalized spacial score (nSPS) is 23.5. The van der Waals surface area contributed by atoms with Gasteiger partial charge in [-0.1, -0.05) is 23.7 Å². The summed E-state index contributed by atoms with van der Waals surface area (Å²) in [5.74, 6) is 2.19. The molecule has 27 heavy (non-hydrogen) atoms. The zero-order chi connectivity index (χ0) is 18.6. The summed E-state index contributed by atoms with van der Waals surface area (Å²) in [4.78, 5) is 13.5. The van der Waals surface area contributed by atoms with Crippen LogP contribution in [0.1, 0.15) is 24.5 Å². The molecule has 2 aliphatic rings. The summed E-state index contributed by atoms with van der Waals surface area (Å²) in [6, 6.07) is 9.89. The number of morpholine rings is 1. The molecule has 0 spiro atoms. The maximum Gasteiger partial charge on any atom is 0.134 e. The maximum atomic E-state index is 9.48. The van der Waals surface area contributed by atoms with Crippen LogP contribution in [0, 0.1) is 5.92 Å². The number of nitrogens with zero attached hydrogens (tertiary/aromatic N) is 4. The second-order valence-corrected chi connectivity index (χ2v) is 7.66. The Morgan fingerprint density at radius 3 is 2.56 bits per heavy atom. The molecule has 7 heteroatoms. The van der Waals surface area contributed by atoms with Crippen molar-refractivity contribution in [3.05, 3.63) is 47.2 Å². The van der Waals surface area contributed by atoms with Gasteiger partial charge in [-0.2, -0.15) is 0 Å². The molecule has 0 bridgehead atoms. The molecule has 0 aliphatic carbocycles. The number of aromatic nitrogens is 2. The van der Waals surface area contributed by atoms with Crippen LogP contribution in [0.3, 0.4) is 0 Å². The molecule has 2 aliphatic heterocycles. The number of halogens is 1. The predicted octanol–water partition coefficient (Wildman–Crippen LogP) is 2.92. The smallest absolute Gasteiger partial charge is 0.134 e. The van der Waals surface area contributed by atoms with Gasteiger partial charge >= 0.3 is 0 Å². The molecule has 0 radical (unpaired) electrons. The first-order valence-corrected chi connectivity index (χ1v) is 9.90. The first-order chi connectivity index (χ1) is 13.2. The van der Waals surface area contributed by atoms with Crippen LogP contribution in [0.2, 0.25) is 5.02 Å². The van der Waals surface area contributed by atoms with E-state index in [0.29, 0.717) is 12.5 Å². The first-order valence-electron chi connectivity index (χ1n) is 9.53. The largest absolute Gasteiger partial charge is 0.396 e. The molecule has 2 atom stereocenters. The number of rotatable bonds is 4. The average Bonchev–Trinajstić information content (AvgIpc) is 2.74. The SMILES string of the molecule is OCC1CCCN(c2cc(N3CCOC(c4ccc(Cl)cc4)C3)ncn2)C1. The van der Waals surface area contributed by atoms with Gasteiger partial charge in [0, 0.05) is 43.9 Å². The van der Waals surface area contributed by atoms with Crippen molar-refractivity contribution in [2.45, 2.75) is 18.9 Å². The molecule has 6 nitrogen and oxygen atoms in total. The summed E-state index contributed by atoms with van der Waals surface area (Å²) in [6.45, 7) is 4.27. The molecule has 1 aromatic carbocycles. The van der Waals surface area contributed by atoms with Crippen LogP contribution in [0.5, 0.6) is 0 Å². The second-order valence-electron chi connectivity index (χ2n) is 7.23. The molecular formula is C20H25ClN4O2. The fourth-order valence-corrected chi connectivity index (χ4v) is 3.97. The Balaban J connectivity index is 1.48. The van der Waals surface area contributed by atoms with Crippen LogP contribution >= 0.6 is 11.6 Å². The Labute approximate surface area is 164 Å². The minimum Gasteiger partial charge on any atom is -0.396 e. The van der Waals surface area contributed by atoms with Gasteiger partial charge < -0.3 is 19.6 Å². The molecule has 144 valence electrons. The fraction of sp³-hybridized carbons (Fsp3) is 0.500. The highest BCUT2D eigenvalue weighted by Crippen LogP contribution is 2.28. The summed E-state index contributed by atoms with van der Waals surface area (Å²) in [5, 5.41) is 10.2. The zero-order valence-corrected chi connectivity index (χ0v) is 16.1. The van der Waals surface area contributed by atoms with Gasteiger partial charge in [-0.15, -0.1) is 0 Å². The predicted molar refractivity (Wildman–Crippen MR) is 106 cm³/mol. The molecule has 0 amide bonds. The van der Waals surface area contributed by atoms with Crippen LogP contribution in [0.15, 0.2) is 36.7 Å². The number of hydrogen-bond acceptors (Lipinski definition) is 6. The van der Waals surface area contributed by atoms with E-state index in [9.17, 15) is 5.11 Å². The van der Waals surface area contributed by atoms with E-state index < -0.39 is 0 Å². The lowest BCUT2D eigenvalue weighted by molar-refractivity contribution is 0.0395. The maximum absolute atomic E-state index is 9.48. The molecular weight excluding hydrogens is 364 g/mol. The van der Waals surface area contributed by atoms with E-state index in [1.807, 2.05) is 24.3 Å². The lowest BCUT2D eigenvalue weighted by Crippen LogP contribution is -2.40. The van der Waals surface area contributed by atoms with Crippen molar-refractivity contribution in [2.24, 2.45) is 5.92 Å². The van der Waals surface area contributed by atoms with Gasteiger partial charge in [-0.3, -0.25) is 0 Å². The Kier molecular flexibility index (Phi) is 5.76.